The number of piperidine rings is 1. The normalized spacial score (nSPS) is 27.0. The van der Waals surface area contributed by atoms with Crippen LogP contribution in [0.3, 0.4) is 0 Å². The summed E-state index contributed by atoms with van der Waals surface area (Å²) in [5.41, 5.74) is 0. The molecule has 0 aromatic rings. The molecule has 2 aliphatic rings. The lowest BCUT2D eigenvalue weighted by molar-refractivity contribution is -0.122. The second-order valence-electron chi connectivity index (χ2n) is 6.56. The molecule has 0 bridgehead atoms. The van der Waals surface area contributed by atoms with Crippen LogP contribution in [0.15, 0.2) is 0 Å². The molecule has 5 heteroatoms. The Morgan fingerprint density at radius 2 is 2.24 bits per heavy atom. The fourth-order valence-corrected chi connectivity index (χ4v) is 4.14. The zero-order valence-corrected chi connectivity index (χ0v) is 14.3. The second-order valence-corrected chi connectivity index (χ2v) is 7.84. The van der Waals surface area contributed by atoms with E-state index in [9.17, 15) is 4.79 Å². The van der Waals surface area contributed by atoms with Crippen LogP contribution in [0.5, 0.6) is 0 Å². The maximum absolute atomic E-state index is 12.2. The van der Waals surface area contributed by atoms with Crippen molar-refractivity contribution in [3.63, 3.8) is 0 Å². The average Bonchev–Trinajstić information content (AvgIpc) is 2.54. The number of nitrogens with one attached hydrogen (secondary N) is 2. The van der Waals surface area contributed by atoms with E-state index in [-0.39, 0.29) is 10.7 Å². The van der Waals surface area contributed by atoms with Crippen molar-refractivity contribution in [2.75, 3.05) is 39.1 Å². The number of ether oxygens (including phenoxy) is 1. The number of carbonyl (C=O) groups excluding carboxylic acids is 1. The fourth-order valence-electron chi connectivity index (χ4n) is 3.35. The van der Waals surface area contributed by atoms with Gasteiger partial charge in [-0.25, -0.2) is 0 Å². The zero-order chi connectivity index (χ0) is 15.1. The summed E-state index contributed by atoms with van der Waals surface area (Å²) in [5, 5.41) is 6.62. The Kier molecular flexibility index (Phi) is 6.83. The van der Waals surface area contributed by atoms with Gasteiger partial charge in [0, 0.05) is 30.9 Å². The largest absolute Gasteiger partial charge is 0.381 e. The van der Waals surface area contributed by atoms with Crippen molar-refractivity contribution in [1.82, 2.24) is 10.6 Å². The van der Waals surface area contributed by atoms with Gasteiger partial charge in [-0.3, -0.25) is 4.79 Å². The third-order valence-electron chi connectivity index (χ3n) is 5.09. The quantitative estimate of drug-likeness (QED) is 0.788. The summed E-state index contributed by atoms with van der Waals surface area (Å²) in [6.45, 7) is 6.85. The number of amides is 1. The van der Waals surface area contributed by atoms with E-state index in [0.717, 1.165) is 45.7 Å². The highest BCUT2D eigenvalue weighted by Crippen LogP contribution is 2.33. The minimum absolute atomic E-state index is 0.184. The van der Waals surface area contributed by atoms with E-state index >= 15 is 0 Å². The molecule has 2 rings (SSSR count). The molecule has 2 fully saturated rings. The summed E-state index contributed by atoms with van der Waals surface area (Å²) in [5.74, 6) is 1.34. The van der Waals surface area contributed by atoms with Gasteiger partial charge in [0.05, 0.1) is 0 Å². The van der Waals surface area contributed by atoms with Gasteiger partial charge in [-0.05, 0) is 56.9 Å². The number of rotatable bonds is 6. The van der Waals surface area contributed by atoms with Crippen LogP contribution in [0.2, 0.25) is 0 Å². The van der Waals surface area contributed by atoms with Crippen LogP contribution in [0, 0.1) is 11.8 Å². The molecule has 0 aromatic carbocycles. The lowest BCUT2D eigenvalue weighted by Crippen LogP contribution is -2.45. The summed E-state index contributed by atoms with van der Waals surface area (Å²) in [4.78, 5) is 12.2. The summed E-state index contributed by atoms with van der Waals surface area (Å²) < 4.78 is 5.63. The Hall–Kier alpha value is -0.260. The molecule has 2 aliphatic heterocycles. The molecule has 0 saturated carbocycles. The SMILES string of the molecule is CSC1(CNC(=O)CC(C)C2CCCNC2)CCOCC1. The third kappa shape index (κ3) is 5.15. The van der Waals surface area contributed by atoms with Crippen LogP contribution < -0.4 is 10.6 Å². The molecular formula is C16H30N2O2S. The van der Waals surface area contributed by atoms with Gasteiger partial charge in [0.15, 0.2) is 0 Å². The standard InChI is InChI=1S/C16H30N2O2S/c1-13(14-4-3-7-17-11-14)10-15(19)18-12-16(21-2)5-8-20-9-6-16/h13-14,17H,3-12H2,1-2H3,(H,18,19). The van der Waals surface area contributed by atoms with Crippen molar-refractivity contribution < 1.29 is 9.53 Å². The smallest absolute Gasteiger partial charge is 0.220 e. The van der Waals surface area contributed by atoms with E-state index in [1.807, 2.05) is 11.8 Å². The first kappa shape index (κ1) is 17.1. The first-order valence-electron chi connectivity index (χ1n) is 8.25. The molecule has 1 amide bonds. The third-order valence-corrected chi connectivity index (χ3v) is 6.51. The van der Waals surface area contributed by atoms with Crippen LogP contribution in [0.4, 0.5) is 0 Å². The molecule has 0 radical (unpaired) electrons. The average molecular weight is 314 g/mol. The van der Waals surface area contributed by atoms with E-state index in [1.165, 1.54) is 12.8 Å². The molecule has 0 spiro atoms. The first-order valence-corrected chi connectivity index (χ1v) is 9.48. The Morgan fingerprint density at radius 3 is 2.86 bits per heavy atom. The van der Waals surface area contributed by atoms with Crippen LogP contribution in [0.1, 0.15) is 39.0 Å². The topological polar surface area (TPSA) is 50.4 Å². The van der Waals surface area contributed by atoms with Crippen LogP contribution in [-0.2, 0) is 9.53 Å². The molecule has 21 heavy (non-hydrogen) atoms. The van der Waals surface area contributed by atoms with Gasteiger partial charge in [0.2, 0.25) is 5.91 Å². The van der Waals surface area contributed by atoms with Crippen LogP contribution in [-0.4, -0.2) is 49.8 Å². The van der Waals surface area contributed by atoms with Crippen molar-refractivity contribution in [2.24, 2.45) is 11.8 Å². The molecule has 2 atom stereocenters. The van der Waals surface area contributed by atoms with E-state index in [1.54, 1.807) is 0 Å². The number of hydrogen-bond donors (Lipinski definition) is 2. The highest BCUT2D eigenvalue weighted by atomic mass is 32.2. The lowest BCUT2D eigenvalue weighted by atomic mass is 9.85. The van der Waals surface area contributed by atoms with Gasteiger partial charge in [0.25, 0.3) is 0 Å². The van der Waals surface area contributed by atoms with Gasteiger partial charge >= 0.3 is 0 Å². The van der Waals surface area contributed by atoms with Crippen molar-refractivity contribution >= 4 is 17.7 Å². The Balaban J connectivity index is 1.73. The van der Waals surface area contributed by atoms with Gasteiger partial charge < -0.3 is 15.4 Å². The molecule has 0 aliphatic carbocycles. The van der Waals surface area contributed by atoms with Gasteiger partial charge in [-0.15, -0.1) is 0 Å². The number of carbonyl (C=O) groups is 1. The molecule has 4 nitrogen and oxygen atoms in total. The molecule has 2 N–H and O–H groups in total. The maximum atomic E-state index is 12.2. The van der Waals surface area contributed by atoms with Crippen LogP contribution >= 0.6 is 11.8 Å². The minimum atomic E-state index is 0.184. The Morgan fingerprint density at radius 1 is 1.48 bits per heavy atom. The van der Waals surface area contributed by atoms with Crippen molar-refractivity contribution in [1.29, 1.82) is 0 Å². The minimum Gasteiger partial charge on any atom is -0.381 e. The van der Waals surface area contributed by atoms with E-state index in [4.69, 9.17) is 4.74 Å². The number of thioether (sulfide) groups is 1. The predicted octanol–water partition coefficient (Wildman–Crippen LogP) is 2.04. The predicted molar refractivity (Wildman–Crippen MR) is 88.7 cm³/mol. The lowest BCUT2D eigenvalue weighted by Gasteiger charge is -2.36. The molecule has 0 aromatic heterocycles. The molecule has 2 unspecified atom stereocenters. The second kappa shape index (κ2) is 8.39. The summed E-state index contributed by atoms with van der Waals surface area (Å²) in [7, 11) is 0. The van der Waals surface area contributed by atoms with Crippen molar-refractivity contribution in [3.8, 4) is 0 Å². The number of hydrogen-bond acceptors (Lipinski definition) is 4. The van der Waals surface area contributed by atoms with Crippen molar-refractivity contribution in [3.05, 3.63) is 0 Å². The van der Waals surface area contributed by atoms with E-state index in [2.05, 4.69) is 23.8 Å². The summed E-state index contributed by atoms with van der Waals surface area (Å²) >= 11 is 1.88. The van der Waals surface area contributed by atoms with Crippen LogP contribution in [0.25, 0.3) is 0 Å². The maximum Gasteiger partial charge on any atom is 0.220 e. The van der Waals surface area contributed by atoms with Gasteiger partial charge in [-0.1, -0.05) is 6.92 Å². The summed E-state index contributed by atoms with van der Waals surface area (Å²) in [6, 6.07) is 0. The van der Waals surface area contributed by atoms with Gasteiger partial charge in [0.1, 0.15) is 0 Å². The van der Waals surface area contributed by atoms with E-state index < -0.39 is 0 Å². The molecule has 122 valence electrons. The van der Waals surface area contributed by atoms with Gasteiger partial charge in [-0.2, -0.15) is 11.8 Å². The Bertz CT molecular complexity index is 326. The Labute approximate surface area is 133 Å². The highest BCUT2D eigenvalue weighted by molar-refractivity contribution is 8.00. The van der Waals surface area contributed by atoms with E-state index in [0.29, 0.717) is 18.3 Å². The summed E-state index contributed by atoms with van der Waals surface area (Å²) in [6.07, 6.45) is 7.38. The zero-order valence-electron chi connectivity index (χ0n) is 13.5. The highest BCUT2D eigenvalue weighted by Gasteiger charge is 2.32. The van der Waals surface area contributed by atoms with Crippen molar-refractivity contribution in [2.45, 2.75) is 43.8 Å². The monoisotopic (exact) mass is 314 g/mol. The molecular weight excluding hydrogens is 284 g/mol. The molecule has 2 heterocycles. The fraction of sp³-hybridized carbons (Fsp3) is 0.938. The first-order chi connectivity index (χ1) is 10.2. The molecule has 2 saturated heterocycles.